The van der Waals surface area contributed by atoms with Gasteiger partial charge in [-0.2, -0.15) is 0 Å². The average Bonchev–Trinajstić information content (AvgIpc) is 3.43. The Bertz CT molecular complexity index is 811. The minimum Gasteiger partial charge on any atom is -0.348 e. The van der Waals surface area contributed by atoms with Gasteiger partial charge in [0.05, 0.1) is 30.6 Å². The molecule has 5 nitrogen and oxygen atoms in total. The SMILES string of the molecule is Cc1ccc(C2OCC3(CO2)CC3C2CCN(c3ncc(Cl)cn3)CC2)cc1. The third kappa shape index (κ3) is 3.51. The van der Waals surface area contributed by atoms with E-state index in [9.17, 15) is 0 Å². The second-order valence-corrected chi connectivity index (χ2v) is 9.00. The largest absolute Gasteiger partial charge is 0.348 e. The summed E-state index contributed by atoms with van der Waals surface area (Å²) in [6, 6.07) is 8.45. The lowest BCUT2D eigenvalue weighted by molar-refractivity contribution is -0.216. The fraction of sp³-hybridized carbons (Fsp3) is 0.545. The molecule has 0 radical (unpaired) electrons. The van der Waals surface area contributed by atoms with Gasteiger partial charge >= 0.3 is 0 Å². The van der Waals surface area contributed by atoms with E-state index in [2.05, 4.69) is 46.1 Å². The number of benzene rings is 1. The predicted molar refractivity (Wildman–Crippen MR) is 108 cm³/mol. The molecule has 2 aliphatic heterocycles. The van der Waals surface area contributed by atoms with Gasteiger partial charge in [-0.1, -0.05) is 41.4 Å². The molecule has 1 saturated carbocycles. The second kappa shape index (κ2) is 7.29. The molecule has 3 fully saturated rings. The lowest BCUT2D eigenvalue weighted by Gasteiger charge is -2.35. The van der Waals surface area contributed by atoms with Crippen LogP contribution < -0.4 is 4.90 Å². The molecule has 5 rings (SSSR count). The number of nitrogens with zero attached hydrogens (tertiary/aromatic N) is 3. The van der Waals surface area contributed by atoms with Crippen molar-refractivity contribution in [1.29, 1.82) is 0 Å². The normalized spacial score (nSPS) is 30.6. The Labute approximate surface area is 171 Å². The van der Waals surface area contributed by atoms with Gasteiger partial charge in [-0.15, -0.1) is 0 Å². The summed E-state index contributed by atoms with van der Waals surface area (Å²) in [4.78, 5) is 11.0. The number of aryl methyl sites for hydroxylation is 1. The van der Waals surface area contributed by atoms with Crippen LogP contribution in [0.3, 0.4) is 0 Å². The van der Waals surface area contributed by atoms with E-state index in [-0.39, 0.29) is 11.7 Å². The van der Waals surface area contributed by atoms with E-state index in [0.29, 0.717) is 5.02 Å². The lowest BCUT2D eigenvalue weighted by Crippen LogP contribution is -2.37. The van der Waals surface area contributed by atoms with Gasteiger partial charge in [0.25, 0.3) is 0 Å². The molecule has 2 saturated heterocycles. The minimum atomic E-state index is -0.212. The number of hydrogen-bond donors (Lipinski definition) is 0. The molecule has 148 valence electrons. The summed E-state index contributed by atoms with van der Waals surface area (Å²) in [5.41, 5.74) is 2.62. The molecule has 1 unspecified atom stereocenters. The third-order valence-corrected chi connectivity index (χ3v) is 6.84. The van der Waals surface area contributed by atoms with Gasteiger partial charge in [0.1, 0.15) is 0 Å². The number of rotatable bonds is 3. The van der Waals surface area contributed by atoms with Crippen LogP contribution in [0, 0.1) is 24.2 Å². The number of hydrogen-bond acceptors (Lipinski definition) is 5. The zero-order valence-corrected chi connectivity index (χ0v) is 16.9. The van der Waals surface area contributed by atoms with E-state index in [1.807, 2.05) is 0 Å². The number of anilines is 1. The predicted octanol–water partition coefficient (Wildman–Crippen LogP) is 4.41. The Hall–Kier alpha value is -1.69. The first-order valence-corrected chi connectivity index (χ1v) is 10.5. The molecule has 1 aromatic heterocycles. The fourth-order valence-electron chi connectivity index (χ4n) is 4.84. The Balaban J connectivity index is 1.14. The number of piperidine rings is 1. The van der Waals surface area contributed by atoms with Crippen LogP contribution in [0.5, 0.6) is 0 Å². The molecule has 1 aliphatic carbocycles. The van der Waals surface area contributed by atoms with Crippen molar-refractivity contribution in [1.82, 2.24) is 9.97 Å². The smallest absolute Gasteiger partial charge is 0.225 e. The quantitative estimate of drug-likeness (QED) is 0.765. The van der Waals surface area contributed by atoms with Crippen LogP contribution in [0.1, 0.15) is 36.7 Å². The molecule has 1 atom stereocenters. The highest BCUT2D eigenvalue weighted by molar-refractivity contribution is 6.30. The highest BCUT2D eigenvalue weighted by atomic mass is 35.5. The average molecular weight is 400 g/mol. The topological polar surface area (TPSA) is 47.5 Å². The molecule has 0 amide bonds. The van der Waals surface area contributed by atoms with Crippen LogP contribution in [-0.4, -0.2) is 36.3 Å². The second-order valence-electron chi connectivity index (χ2n) is 8.56. The maximum absolute atomic E-state index is 6.14. The minimum absolute atomic E-state index is 0.212. The Kier molecular flexibility index (Phi) is 4.77. The summed E-state index contributed by atoms with van der Waals surface area (Å²) in [7, 11) is 0. The summed E-state index contributed by atoms with van der Waals surface area (Å²) in [6.45, 7) is 5.74. The maximum atomic E-state index is 6.14. The highest BCUT2D eigenvalue weighted by Crippen LogP contribution is 2.61. The zero-order chi connectivity index (χ0) is 19.1. The van der Waals surface area contributed by atoms with Crippen LogP contribution >= 0.6 is 11.6 Å². The first-order valence-electron chi connectivity index (χ1n) is 10.2. The van der Waals surface area contributed by atoms with E-state index < -0.39 is 0 Å². The van der Waals surface area contributed by atoms with E-state index in [1.54, 1.807) is 12.4 Å². The summed E-state index contributed by atoms with van der Waals surface area (Å²) in [6.07, 6.45) is 6.73. The number of aromatic nitrogens is 2. The van der Waals surface area contributed by atoms with Crippen LogP contribution in [0.25, 0.3) is 0 Å². The van der Waals surface area contributed by atoms with Gasteiger partial charge in [-0.25, -0.2) is 9.97 Å². The summed E-state index contributed by atoms with van der Waals surface area (Å²) in [5.74, 6) is 2.25. The Morgan fingerprint density at radius 2 is 1.68 bits per heavy atom. The van der Waals surface area contributed by atoms with E-state index >= 15 is 0 Å². The van der Waals surface area contributed by atoms with Crippen molar-refractivity contribution in [2.75, 3.05) is 31.2 Å². The van der Waals surface area contributed by atoms with Gasteiger partial charge in [-0.3, -0.25) is 0 Å². The molecule has 1 spiro atoms. The first kappa shape index (κ1) is 18.3. The van der Waals surface area contributed by atoms with Crippen molar-refractivity contribution in [2.45, 2.75) is 32.5 Å². The Morgan fingerprint density at radius 3 is 2.32 bits per heavy atom. The highest BCUT2D eigenvalue weighted by Gasteiger charge is 2.59. The van der Waals surface area contributed by atoms with Gasteiger partial charge in [0.15, 0.2) is 6.29 Å². The van der Waals surface area contributed by atoms with Crippen LogP contribution in [-0.2, 0) is 9.47 Å². The van der Waals surface area contributed by atoms with E-state index in [1.165, 1.54) is 24.8 Å². The third-order valence-electron chi connectivity index (χ3n) is 6.64. The molecular formula is C22H26ClN3O2. The van der Waals surface area contributed by atoms with Crippen molar-refractivity contribution in [2.24, 2.45) is 17.3 Å². The monoisotopic (exact) mass is 399 g/mol. The number of ether oxygens (including phenoxy) is 2. The molecular weight excluding hydrogens is 374 g/mol. The van der Waals surface area contributed by atoms with Crippen molar-refractivity contribution in [3.8, 4) is 0 Å². The maximum Gasteiger partial charge on any atom is 0.225 e. The van der Waals surface area contributed by atoms with E-state index in [4.69, 9.17) is 21.1 Å². The van der Waals surface area contributed by atoms with Crippen LogP contribution in [0.2, 0.25) is 5.02 Å². The molecule has 3 heterocycles. The fourth-order valence-corrected chi connectivity index (χ4v) is 4.93. The molecule has 0 bridgehead atoms. The first-order chi connectivity index (χ1) is 13.6. The summed E-state index contributed by atoms with van der Waals surface area (Å²) < 4.78 is 12.3. The standard InChI is InChI=1S/C22H26ClN3O2/c1-15-2-4-17(5-3-15)20-27-13-22(14-28-20)10-19(22)16-6-8-26(9-7-16)21-24-11-18(23)12-25-21/h2-5,11-12,16,19-20H,6-10,13-14H2,1H3. The van der Waals surface area contributed by atoms with Crippen LogP contribution in [0.15, 0.2) is 36.7 Å². The number of halogens is 1. The Morgan fingerprint density at radius 1 is 1.04 bits per heavy atom. The van der Waals surface area contributed by atoms with Crippen molar-refractivity contribution in [3.05, 3.63) is 52.8 Å². The van der Waals surface area contributed by atoms with Gasteiger partial charge < -0.3 is 14.4 Å². The molecule has 2 aromatic rings. The lowest BCUT2D eigenvalue weighted by atomic mass is 9.87. The van der Waals surface area contributed by atoms with Crippen molar-refractivity contribution < 1.29 is 9.47 Å². The summed E-state index contributed by atoms with van der Waals surface area (Å²) >= 11 is 5.90. The van der Waals surface area contributed by atoms with Gasteiger partial charge in [-0.05, 0) is 38.0 Å². The molecule has 28 heavy (non-hydrogen) atoms. The molecule has 1 aromatic carbocycles. The molecule has 6 heteroatoms. The van der Waals surface area contributed by atoms with Gasteiger partial charge in [0, 0.05) is 24.1 Å². The van der Waals surface area contributed by atoms with E-state index in [0.717, 1.165) is 49.7 Å². The molecule has 3 aliphatic rings. The molecule has 0 N–H and O–H groups in total. The van der Waals surface area contributed by atoms with Gasteiger partial charge in [0.2, 0.25) is 5.95 Å². The van der Waals surface area contributed by atoms with Crippen molar-refractivity contribution >= 4 is 17.5 Å². The zero-order valence-electron chi connectivity index (χ0n) is 16.2. The summed E-state index contributed by atoms with van der Waals surface area (Å²) in [5, 5.41) is 0.583. The van der Waals surface area contributed by atoms with Crippen LogP contribution in [0.4, 0.5) is 5.95 Å². The van der Waals surface area contributed by atoms with Crippen molar-refractivity contribution in [3.63, 3.8) is 0 Å².